The molecule has 1 aliphatic heterocycles. The number of nitrogens with zero attached hydrogens (tertiary/aromatic N) is 1. The van der Waals surface area contributed by atoms with E-state index in [2.05, 4.69) is 18.7 Å². The van der Waals surface area contributed by atoms with E-state index in [9.17, 15) is 5.11 Å². The lowest BCUT2D eigenvalue weighted by Crippen LogP contribution is -2.41. The third-order valence-electron chi connectivity index (χ3n) is 3.73. The van der Waals surface area contributed by atoms with E-state index in [-0.39, 0.29) is 0 Å². The first kappa shape index (κ1) is 13.4. The van der Waals surface area contributed by atoms with Crippen molar-refractivity contribution >= 4 is 5.69 Å². The molecule has 1 heterocycles. The summed E-state index contributed by atoms with van der Waals surface area (Å²) in [7, 11) is 0. The second-order valence-corrected chi connectivity index (χ2v) is 6.19. The average Bonchev–Trinajstić information content (AvgIpc) is 2.28. The highest BCUT2D eigenvalue weighted by Gasteiger charge is 2.27. The molecule has 1 saturated heterocycles. The van der Waals surface area contributed by atoms with Gasteiger partial charge in [0.25, 0.3) is 0 Å². The molecule has 0 aliphatic carbocycles. The molecule has 1 aromatic carbocycles. The van der Waals surface area contributed by atoms with Gasteiger partial charge >= 0.3 is 0 Å². The molecule has 1 unspecified atom stereocenters. The van der Waals surface area contributed by atoms with Crippen LogP contribution in [0, 0.1) is 5.41 Å². The van der Waals surface area contributed by atoms with Crippen LogP contribution < -0.4 is 5.73 Å². The second kappa shape index (κ2) is 5.29. The van der Waals surface area contributed by atoms with Gasteiger partial charge in [0.05, 0.1) is 6.10 Å². The van der Waals surface area contributed by atoms with Crippen molar-refractivity contribution in [1.82, 2.24) is 4.90 Å². The first-order chi connectivity index (χ1) is 8.46. The fraction of sp³-hybridized carbons (Fsp3) is 0.600. The highest BCUT2D eigenvalue weighted by Crippen LogP contribution is 2.29. The predicted molar refractivity (Wildman–Crippen MR) is 75.3 cm³/mol. The number of nitrogens with two attached hydrogens (primary N) is 1. The summed E-state index contributed by atoms with van der Waals surface area (Å²) < 4.78 is 0. The molecule has 3 N–H and O–H groups in total. The molecule has 0 saturated carbocycles. The number of rotatable bonds is 3. The monoisotopic (exact) mass is 248 g/mol. The number of β-amino-alcohol motifs (C(OH)–C–C–N with tert-alkyl or cyclic N) is 1. The van der Waals surface area contributed by atoms with Crippen LogP contribution >= 0.6 is 0 Å². The van der Waals surface area contributed by atoms with Crippen LogP contribution in [0.1, 0.15) is 38.4 Å². The normalized spacial score (nSPS) is 21.7. The van der Waals surface area contributed by atoms with E-state index >= 15 is 0 Å². The van der Waals surface area contributed by atoms with Gasteiger partial charge in [0, 0.05) is 18.8 Å². The zero-order valence-corrected chi connectivity index (χ0v) is 11.4. The molecule has 0 spiro atoms. The standard InChI is InChI=1S/C15H24N2O/c1-15(2)8-3-9-17(11-15)10-14(18)12-4-6-13(16)7-5-12/h4-7,14,18H,3,8-11,16H2,1-2H3. The number of likely N-dealkylation sites (tertiary alicyclic amines) is 1. The number of anilines is 1. The number of piperidine rings is 1. The molecule has 3 nitrogen and oxygen atoms in total. The molecule has 100 valence electrons. The summed E-state index contributed by atoms with van der Waals surface area (Å²) in [6, 6.07) is 7.52. The van der Waals surface area contributed by atoms with Gasteiger partial charge in [-0.1, -0.05) is 26.0 Å². The molecule has 0 aromatic heterocycles. The predicted octanol–water partition coefficient (Wildman–Crippen LogP) is 2.42. The maximum absolute atomic E-state index is 10.3. The lowest BCUT2D eigenvalue weighted by molar-refractivity contribution is 0.0598. The van der Waals surface area contributed by atoms with Gasteiger partial charge in [-0.2, -0.15) is 0 Å². The van der Waals surface area contributed by atoms with Crippen LogP contribution in [-0.2, 0) is 0 Å². The van der Waals surface area contributed by atoms with Gasteiger partial charge < -0.3 is 10.8 Å². The second-order valence-electron chi connectivity index (χ2n) is 6.19. The van der Waals surface area contributed by atoms with E-state index in [1.54, 1.807) is 0 Å². The molecular weight excluding hydrogens is 224 g/mol. The van der Waals surface area contributed by atoms with E-state index in [0.29, 0.717) is 12.0 Å². The Morgan fingerprint density at radius 3 is 2.61 bits per heavy atom. The van der Waals surface area contributed by atoms with Crippen LogP contribution in [0.5, 0.6) is 0 Å². The summed E-state index contributed by atoms with van der Waals surface area (Å²) in [4.78, 5) is 2.37. The molecule has 3 heteroatoms. The van der Waals surface area contributed by atoms with Gasteiger partial charge in [-0.15, -0.1) is 0 Å². The van der Waals surface area contributed by atoms with E-state index in [1.165, 1.54) is 12.8 Å². The van der Waals surface area contributed by atoms with Crippen LogP contribution in [0.15, 0.2) is 24.3 Å². The van der Waals surface area contributed by atoms with Crippen LogP contribution in [0.25, 0.3) is 0 Å². The van der Waals surface area contributed by atoms with Crippen molar-refractivity contribution in [1.29, 1.82) is 0 Å². The van der Waals surface area contributed by atoms with Gasteiger partial charge in [0.1, 0.15) is 0 Å². The Labute approximate surface area is 110 Å². The minimum absolute atomic E-state index is 0.374. The first-order valence-corrected chi connectivity index (χ1v) is 6.72. The molecule has 0 radical (unpaired) electrons. The average molecular weight is 248 g/mol. The quantitative estimate of drug-likeness (QED) is 0.808. The van der Waals surface area contributed by atoms with Gasteiger partial charge in [-0.25, -0.2) is 0 Å². The van der Waals surface area contributed by atoms with Crippen molar-refractivity contribution in [2.24, 2.45) is 5.41 Å². The highest BCUT2D eigenvalue weighted by atomic mass is 16.3. The van der Waals surface area contributed by atoms with E-state index in [0.717, 1.165) is 24.3 Å². The van der Waals surface area contributed by atoms with Crippen LogP contribution in [0.3, 0.4) is 0 Å². The number of aliphatic hydroxyl groups excluding tert-OH is 1. The maximum atomic E-state index is 10.3. The smallest absolute Gasteiger partial charge is 0.0916 e. The summed E-state index contributed by atoms with van der Waals surface area (Å²) in [6.07, 6.45) is 2.09. The van der Waals surface area contributed by atoms with Crippen molar-refractivity contribution in [2.45, 2.75) is 32.8 Å². The molecule has 0 bridgehead atoms. The van der Waals surface area contributed by atoms with E-state index in [4.69, 9.17) is 5.73 Å². The maximum Gasteiger partial charge on any atom is 0.0916 e. The number of aliphatic hydroxyl groups is 1. The molecule has 1 atom stereocenters. The molecule has 1 aliphatic rings. The largest absolute Gasteiger partial charge is 0.399 e. The number of benzene rings is 1. The Hall–Kier alpha value is -1.06. The summed E-state index contributed by atoms with van der Waals surface area (Å²) in [5, 5.41) is 10.3. The Morgan fingerprint density at radius 2 is 2.00 bits per heavy atom. The zero-order chi connectivity index (χ0) is 13.2. The van der Waals surface area contributed by atoms with Crippen LogP contribution in [0.4, 0.5) is 5.69 Å². The molecule has 1 aromatic rings. The Kier molecular flexibility index (Phi) is 3.93. The number of nitrogen functional groups attached to an aromatic ring is 1. The molecule has 0 amide bonds. The van der Waals surface area contributed by atoms with Gasteiger partial charge in [-0.05, 0) is 42.5 Å². The fourth-order valence-corrected chi connectivity index (χ4v) is 2.77. The SMILES string of the molecule is CC1(C)CCCN(CC(O)c2ccc(N)cc2)C1. The molecule has 1 fully saturated rings. The molecule has 18 heavy (non-hydrogen) atoms. The van der Waals surface area contributed by atoms with Crippen molar-refractivity contribution in [3.05, 3.63) is 29.8 Å². The van der Waals surface area contributed by atoms with Crippen molar-refractivity contribution in [3.63, 3.8) is 0 Å². The topological polar surface area (TPSA) is 49.5 Å². The third-order valence-corrected chi connectivity index (χ3v) is 3.73. The fourth-order valence-electron chi connectivity index (χ4n) is 2.77. The number of hydrogen-bond donors (Lipinski definition) is 2. The third kappa shape index (κ3) is 3.47. The Morgan fingerprint density at radius 1 is 1.33 bits per heavy atom. The lowest BCUT2D eigenvalue weighted by Gasteiger charge is -2.38. The number of hydrogen-bond acceptors (Lipinski definition) is 3. The minimum atomic E-state index is -0.417. The molecule has 2 rings (SSSR count). The Balaban J connectivity index is 1.94. The van der Waals surface area contributed by atoms with E-state index < -0.39 is 6.10 Å². The van der Waals surface area contributed by atoms with Gasteiger partial charge in [0.15, 0.2) is 0 Å². The first-order valence-electron chi connectivity index (χ1n) is 6.72. The summed E-state index contributed by atoms with van der Waals surface area (Å²) >= 11 is 0. The van der Waals surface area contributed by atoms with Crippen LogP contribution in [0.2, 0.25) is 0 Å². The summed E-state index contributed by atoms with van der Waals surface area (Å²) in [5.74, 6) is 0. The lowest BCUT2D eigenvalue weighted by atomic mass is 9.84. The van der Waals surface area contributed by atoms with Crippen molar-refractivity contribution in [3.8, 4) is 0 Å². The summed E-state index contributed by atoms with van der Waals surface area (Å²) in [5.41, 5.74) is 7.72. The van der Waals surface area contributed by atoms with Crippen LogP contribution in [-0.4, -0.2) is 29.6 Å². The zero-order valence-electron chi connectivity index (χ0n) is 11.4. The van der Waals surface area contributed by atoms with E-state index in [1.807, 2.05) is 24.3 Å². The minimum Gasteiger partial charge on any atom is -0.399 e. The Bertz CT molecular complexity index is 386. The van der Waals surface area contributed by atoms with Crippen molar-refractivity contribution < 1.29 is 5.11 Å². The summed E-state index contributed by atoms with van der Waals surface area (Å²) in [6.45, 7) is 7.48. The van der Waals surface area contributed by atoms with Crippen molar-refractivity contribution in [2.75, 3.05) is 25.4 Å². The van der Waals surface area contributed by atoms with Gasteiger partial charge in [0.2, 0.25) is 0 Å². The van der Waals surface area contributed by atoms with Gasteiger partial charge in [-0.3, -0.25) is 4.90 Å². The highest BCUT2D eigenvalue weighted by molar-refractivity contribution is 5.39. The molecular formula is C15H24N2O.